The third-order valence-electron chi connectivity index (χ3n) is 12.8. The zero-order valence-electron chi connectivity index (χ0n) is 31.5. The molecule has 0 unspecified atom stereocenters. The highest BCUT2D eigenvalue weighted by atomic mass is 16.3. The Balaban J connectivity index is 0.974. The van der Waals surface area contributed by atoms with E-state index in [0.29, 0.717) is 0 Å². The number of hydrogen-bond donors (Lipinski definition) is 0. The monoisotopic (exact) mass is 714 g/mol. The molecule has 1 aromatic heterocycles. The minimum atomic E-state index is -0.114. The van der Waals surface area contributed by atoms with Crippen molar-refractivity contribution in [3.63, 3.8) is 0 Å². The lowest BCUT2D eigenvalue weighted by atomic mass is 9.81. The predicted molar refractivity (Wildman–Crippen MR) is 238 cm³/mol. The van der Waals surface area contributed by atoms with Crippen LogP contribution in [0.1, 0.15) is 37.8 Å². The molecule has 0 amide bonds. The van der Waals surface area contributed by atoms with Gasteiger partial charge in [0.25, 0.3) is 0 Å². The second-order valence-electron chi connectivity index (χ2n) is 16.3. The van der Waals surface area contributed by atoms with Gasteiger partial charge in [-0.25, -0.2) is 0 Å². The van der Waals surface area contributed by atoms with Crippen molar-refractivity contribution in [3.05, 3.63) is 179 Å². The number of fused-ring (bicyclic) bond motifs is 11. The first-order valence-electron chi connectivity index (χ1n) is 19.9. The Kier molecular flexibility index (Phi) is 6.58. The molecule has 1 nitrogen and oxygen atoms in total. The highest BCUT2D eigenvalue weighted by Gasteiger charge is 2.36. The molecular weight excluding hydrogens is 677 g/mol. The van der Waals surface area contributed by atoms with Gasteiger partial charge in [-0.2, -0.15) is 0 Å². The molecule has 1 heterocycles. The van der Waals surface area contributed by atoms with Crippen LogP contribution in [0, 0.1) is 0 Å². The summed E-state index contributed by atoms with van der Waals surface area (Å²) in [6.45, 7) is 4.74. The van der Waals surface area contributed by atoms with Crippen molar-refractivity contribution < 1.29 is 4.42 Å². The molecule has 0 N–H and O–H groups in total. The topological polar surface area (TPSA) is 13.1 Å². The van der Waals surface area contributed by atoms with Crippen LogP contribution < -0.4 is 10.4 Å². The van der Waals surface area contributed by atoms with Crippen molar-refractivity contribution in [2.75, 3.05) is 0 Å². The molecule has 0 saturated heterocycles. The van der Waals surface area contributed by atoms with Crippen LogP contribution in [0.4, 0.5) is 0 Å². The number of hydrogen-bond acceptors (Lipinski definition) is 1. The Bertz CT molecular complexity index is 3430. The largest absolute Gasteiger partial charge is 0.456 e. The van der Waals surface area contributed by atoms with Gasteiger partial charge in [-0.1, -0.05) is 141 Å². The number of benzene rings is 9. The van der Waals surface area contributed by atoms with E-state index in [1.54, 1.807) is 0 Å². The first-order chi connectivity index (χ1) is 27.5. The number of rotatable bonds is 3. The first kappa shape index (κ1) is 31.6. The van der Waals surface area contributed by atoms with Crippen LogP contribution in [-0.4, -0.2) is 0 Å². The van der Waals surface area contributed by atoms with Crippen molar-refractivity contribution in [1.29, 1.82) is 0 Å². The summed E-state index contributed by atoms with van der Waals surface area (Å²) < 4.78 is 6.27. The van der Waals surface area contributed by atoms with E-state index < -0.39 is 0 Å². The van der Waals surface area contributed by atoms with Crippen LogP contribution in [0.3, 0.4) is 0 Å². The zero-order valence-corrected chi connectivity index (χ0v) is 31.5. The van der Waals surface area contributed by atoms with Crippen LogP contribution in [0.5, 0.6) is 0 Å². The minimum absolute atomic E-state index is 0.114. The Morgan fingerprint density at radius 3 is 1.77 bits per heavy atom. The summed E-state index contributed by atoms with van der Waals surface area (Å²) in [7, 11) is 0. The van der Waals surface area contributed by atoms with Crippen LogP contribution in [-0.2, 0) is 5.41 Å². The fraction of sp³-hybridized carbons (Fsp3) is 0.0909. The smallest absolute Gasteiger partial charge is 0.136 e. The second kappa shape index (κ2) is 11.7. The zero-order chi connectivity index (χ0) is 37.1. The lowest BCUT2D eigenvalue weighted by Crippen LogP contribution is -2.31. The molecule has 0 bridgehead atoms. The summed E-state index contributed by atoms with van der Waals surface area (Å²) in [6, 6.07) is 58.7. The molecule has 2 aliphatic carbocycles. The molecule has 9 aromatic carbocycles. The Morgan fingerprint density at radius 2 is 1.00 bits per heavy atom. The average molecular weight is 715 g/mol. The predicted octanol–water partition coefficient (Wildman–Crippen LogP) is 13.7. The molecule has 0 spiro atoms. The lowest BCUT2D eigenvalue weighted by molar-refractivity contribution is 0.661. The molecule has 0 radical (unpaired) electrons. The molecule has 0 fully saturated rings. The van der Waals surface area contributed by atoms with E-state index in [9.17, 15) is 0 Å². The summed E-state index contributed by atoms with van der Waals surface area (Å²) in [5.41, 5.74) is 14.9. The second-order valence-corrected chi connectivity index (χ2v) is 16.3. The van der Waals surface area contributed by atoms with E-state index in [0.717, 1.165) is 24.0 Å². The highest BCUT2D eigenvalue weighted by molar-refractivity contribution is 6.19. The van der Waals surface area contributed by atoms with E-state index in [-0.39, 0.29) is 5.41 Å². The van der Waals surface area contributed by atoms with Crippen LogP contribution in [0.2, 0.25) is 0 Å². The molecule has 1 heteroatoms. The Labute approximate surface area is 325 Å². The fourth-order valence-corrected chi connectivity index (χ4v) is 10.1. The third kappa shape index (κ3) is 4.49. The van der Waals surface area contributed by atoms with Gasteiger partial charge in [-0.15, -0.1) is 0 Å². The first-order valence-corrected chi connectivity index (χ1v) is 19.9. The Hall–Kier alpha value is -6.70. The standard InChI is InChI=1S/C55H38O/c1-55(2)48-26-24-37(30-46(48)47-31-38-25-27-51-54(45(38)32-49(47)55)44-18-10-11-19-50(44)56-51)35-20-21-36-29-39(23-22-34(36)28-35)53-42-16-8-6-14-40(42)52(33-12-4-3-5-13-33)41-15-7-9-17-43(41)53/h3-6,8,10-32H,7,9H2,1-2H3. The van der Waals surface area contributed by atoms with Gasteiger partial charge < -0.3 is 4.42 Å². The summed E-state index contributed by atoms with van der Waals surface area (Å²) in [6.07, 6.45) is 7.06. The van der Waals surface area contributed by atoms with Gasteiger partial charge in [0, 0.05) is 16.2 Å². The maximum atomic E-state index is 6.27. The number of furan rings is 1. The summed E-state index contributed by atoms with van der Waals surface area (Å²) in [5, 5.41) is 12.8. The van der Waals surface area contributed by atoms with Crippen LogP contribution in [0.15, 0.2) is 162 Å². The maximum Gasteiger partial charge on any atom is 0.136 e. The minimum Gasteiger partial charge on any atom is -0.456 e. The van der Waals surface area contributed by atoms with Gasteiger partial charge in [0.1, 0.15) is 11.2 Å². The maximum absolute atomic E-state index is 6.27. The van der Waals surface area contributed by atoms with Crippen molar-refractivity contribution in [3.8, 4) is 44.5 Å². The van der Waals surface area contributed by atoms with Crippen molar-refractivity contribution in [2.45, 2.75) is 32.1 Å². The molecule has 2 aliphatic rings. The fourth-order valence-electron chi connectivity index (χ4n) is 10.1. The molecule has 0 aliphatic heterocycles. The molecule has 12 rings (SSSR count). The summed E-state index contributed by atoms with van der Waals surface area (Å²) in [5.74, 6) is 0. The van der Waals surface area contributed by atoms with Gasteiger partial charge in [0.05, 0.1) is 0 Å². The lowest BCUT2D eigenvalue weighted by Gasteiger charge is -2.22. The quantitative estimate of drug-likeness (QED) is 0.178. The van der Waals surface area contributed by atoms with Gasteiger partial charge in [0.2, 0.25) is 0 Å². The van der Waals surface area contributed by atoms with Crippen molar-refractivity contribution >= 4 is 66.4 Å². The molecular formula is C55H38O. The molecule has 10 aromatic rings. The number of para-hydroxylation sites is 1. The van der Waals surface area contributed by atoms with Crippen molar-refractivity contribution in [1.82, 2.24) is 0 Å². The molecule has 0 saturated carbocycles. The molecule has 56 heavy (non-hydrogen) atoms. The Morgan fingerprint density at radius 1 is 0.411 bits per heavy atom. The van der Waals surface area contributed by atoms with Crippen LogP contribution in [0.25, 0.3) is 111 Å². The van der Waals surface area contributed by atoms with Gasteiger partial charge in [0.15, 0.2) is 0 Å². The van der Waals surface area contributed by atoms with E-state index in [1.165, 1.54) is 109 Å². The third-order valence-corrected chi connectivity index (χ3v) is 12.8. The summed E-state index contributed by atoms with van der Waals surface area (Å²) >= 11 is 0. The van der Waals surface area contributed by atoms with Gasteiger partial charge in [-0.05, 0) is 154 Å². The van der Waals surface area contributed by atoms with E-state index >= 15 is 0 Å². The normalized spacial score (nSPS) is 14.2. The van der Waals surface area contributed by atoms with Crippen LogP contribution >= 0.6 is 0 Å². The van der Waals surface area contributed by atoms with Gasteiger partial charge in [-0.3, -0.25) is 0 Å². The SMILES string of the molecule is CC1(C)c2ccc(-c3ccc4cc(-c5c6c(c(-c7ccccc7)c7ccccc57)=CCCC=6)ccc4c3)cc2-c2cc3ccc4oc5ccccc5c4c3cc21. The van der Waals surface area contributed by atoms with E-state index in [1.807, 2.05) is 6.07 Å². The molecule has 0 atom stereocenters. The van der Waals surface area contributed by atoms with E-state index in [2.05, 4.69) is 178 Å². The summed E-state index contributed by atoms with van der Waals surface area (Å²) in [4.78, 5) is 0. The van der Waals surface area contributed by atoms with E-state index in [4.69, 9.17) is 4.42 Å². The van der Waals surface area contributed by atoms with Crippen molar-refractivity contribution in [2.24, 2.45) is 0 Å². The molecule has 264 valence electrons. The highest BCUT2D eigenvalue weighted by Crippen LogP contribution is 2.52. The van der Waals surface area contributed by atoms with Gasteiger partial charge >= 0.3 is 0 Å². The average Bonchev–Trinajstić information content (AvgIpc) is 3.73.